The third-order valence-corrected chi connectivity index (χ3v) is 3.78. The van der Waals surface area contributed by atoms with Crippen LogP contribution in [0.15, 0.2) is 36.9 Å². The van der Waals surface area contributed by atoms with Gasteiger partial charge in [0.25, 0.3) is 0 Å². The van der Waals surface area contributed by atoms with Gasteiger partial charge in [0.1, 0.15) is 0 Å². The average Bonchev–Trinajstić information content (AvgIpc) is 2.78. The molecule has 1 aliphatic heterocycles. The van der Waals surface area contributed by atoms with E-state index >= 15 is 0 Å². The van der Waals surface area contributed by atoms with Crippen molar-refractivity contribution < 1.29 is 4.79 Å². The first-order valence-electron chi connectivity index (χ1n) is 7.17. The zero-order valence-corrected chi connectivity index (χ0v) is 12.6. The van der Waals surface area contributed by atoms with Gasteiger partial charge in [0.2, 0.25) is 5.91 Å². The quantitative estimate of drug-likeness (QED) is 0.852. The molecule has 0 aromatic heterocycles. The Hall–Kier alpha value is -1.77. The normalized spacial score (nSPS) is 17.2. The lowest BCUT2D eigenvalue weighted by molar-refractivity contribution is -0.135. The van der Waals surface area contributed by atoms with E-state index in [0.717, 1.165) is 12.2 Å². The first kappa shape index (κ1) is 14.6. The molecule has 1 N–H and O–H groups in total. The summed E-state index contributed by atoms with van der Waals surface area (Å²) in [4.78, 5) is 14.5. The second kappa shape index (κ2) is 5.70. The van der Waals surface area contributed by atoms with Gasteiger partial charge < -0.3 is 10.2 Å². The van der Waals surface area contributed by atoms with Crippen molar-refractivity contribution in [3.05, 3.63) is 42.5 Å². The van der Waals surface area contributed by atoms with Crippen molar-refractivity contribution in [3.63, 3.8) is 0 Å². The van der Waals surface area contributed by atoms with Gasteiger partial charge in [0, 0.05) is 36.7 Å². The molecule has 3 heteroatoms. The zero-order chi connectivity index (χ0) is 14.8. The standard InChI is InChI=1S/C17H24N2O/c1-5-10-19(17(2,3)4)16(20)11-13-12-18-15-9-7-6-8-14(13)15/h5-9,13,18H,1,10-12H2,2-4H3. The number of benzene rings is 1. The van der Waals surface area contributed by atoms with E-state index in [2.05, 4.69) is 44.8 Å². The highest BCUT2D eigenvalue weighted by molar-refractivity contribution is 5.79. The Morgan fingerprint density at radius 3 is 2.80 bits per heavy atom. The number of nitrogens with one attached hydrogen (secondary N) is 1. The Morgan fingerprint density at radius 1 is 1.45 bits per heavy atom. The predicted molar refractivity (Wildman–Crippen MR) is 84.0 cm³/mol. The van der Waals surface area contributed by atoms with Gasteiger partial charge in [0.15, 0.2) is 0 Å². The molecule has 0 fully saturated rings. The highest BCUT2D eigenvalue weighted by Gasteiger charge is 2.30. The van der Waals surface area contributed by atoms with Crippen LogP contribution in [0.25, 0.3) is 0 Å². The molecule has 108 valence electrons. The fraction of sp³-hybridized carbons (Fsp3) is 0.471. The van der Waals surface area contributed by atoms with Crippen molar-refractivity contribution in [2.75, 3.05) is 18.4 Å². The van der Waals surface area contributed by atoms with Crippen LogP contribution in [0.1, 0.15) is 38.7 Å². The van der Waals surface area contributed by atoms with Crippen molar-refractivity contribution in [3.8, 4) is 0 Å². The van der Waals surface area contributed by atoms with Crippen molar-refractivity contribution in [2.24, 2.45) is 0 Å². The third kappa shape index (κ3) is 3.03. The highest BCUT2D eigenvalue weighted by atomic mass is 16.2. The monoisotopic (exact) mass is 272 g/mol. The number of anilines is 1. The number of rotatable bonds is 4. The molecule has 1 aromatic carbocycles. The fourth-order valence-electron chi connectivity index (χ4n) is 2.74. The fourth-order valence-corrected chi connectivity index (χ4v) is 2.74. The number of para-hydroxylation sites is 1. The van der Waals surface area contributed by atoms with Crippen molar-refractivity contribution in [1.29, 1.82) is 0 Å². The van der Waals surface area contributed by atoms with Gasteiger partial charge in [-0.25, -0.2) is 0 Å². The summed E-state index contributed by atoms with van der Waals surface area (Å²) in [7, 11) is 0. The van der Waals surface area contributed by atoms with Crippen LogP contribution in [0.5, 0.6) is 0 Å². The van der Waals surface area contributed by atoms with Crippen LogP contribution in [0, 0.1) is 0 Å². The summed E-state index contributed by atoms with van der Waals surface area (Å²) in [6.45, 7) is 11.4. The molecule has 0 radical (unpaired) electrons. The second-order valence-corrected chi connectivity index (χ2v) is 6.33. The number of carbonyl (C=O) groups excluding carboxylic acids is 1. The molecule has 0 aliphatic carbocycles. The zero-order valence-electron chi connectivity index (χ0n) is 12.6. The Balaban J connectivity index is 2.10. The number of fused-ring (bicyclic) bond motifs is 1. The molecule has 2 rings (SSSR count). The minimum Gasteiger partial charge on any atom is -0.384 e. The van der Waals surface area contributed by atoms with Crippen LogP contribution < -0.4 is 5.32 Å². The number of nitrogens with zero attached hydrogens (tertiary/aromatic N) is 1. The van der Waals surface area contributed by atoms with Crippen LogP contribution in [0.3, 0.4) is 0 Å². The summed E-state index contributed by atoms with van der Waals surface area (Å²) in [5.41, 5.74) is 2.25. The van der Waals surface area contributed by atoms with Crippen molar-refractivity contribution in [1.82, 2.24) is 4.90 Å². The van der Waals surface area contributed by atoms with Gasteiger partial charge in [-0.05, 0) is 32.4 Å². The largest absolute Gasteiger partial charge is 0.384 e. The van der Waals surface area contributed by atoms with Crippen LogP contribution in [0.2, 0.25) is 0 Å². The number of hydrogen-bond acceptors (Lipinski definition) is 2. The van der Waals surface area contributed by atoms with Gasteiger partial charge in [-0.1, -0.05) is 24.3 Å². The molecule has 1 atom stereocenters. The molecule has 0 saturated heterocycles. The summed E-state index contributed by atoms with van der Waals surface area (Å²) < 4.78 is 0. The van der Waals surface area contributed by atoms with E-state index in [1.165, 1.54) is 5.56 Å². The SMILES string of the molecule is C=CCN(C(=O)CC1CNc2ccccc21)C(C)(C)C. The Bertz CT molecular complexity index is 502. The van der Waals surface area contributed by atoms with E-state index in [9.17, 15) is 4.79 Å². The molecular weight excluding hydrogens is 248 g/mol. The van der Waals surface area contributed by atoms with Crippen molar-refractivity contribution >= 4 is 11.6 Å². The van der Waals surface area contributed by atoms with Gasteiger partial charge in [-0.2, -0.15) is 0 Å². The van der Waals surface area contributed by atoms with E-state index in [1.54, 1.807) is 6.08 Å². The van der Waals surface area contributed by atoms with Crippen LogP contribution in [-0.2, 0) is 4.79 Å². The number of amides is 1. The molecular formula is C17H24N2O. The molecule has 1 aromatic rings. The molecule has 3 nitrogen and oxygen atoms in total. The van der Waals surface area contributed by atoms with Crippen LogP contribution in [-0.4, -0.2) is 29.4 Å². The lowest BCUT2D eigenvalue weighted by atomic mass is 9.96. The summed E-state index contributed by atoms with van der Waals surface area (Å²) in [5, 5.41) is 3.37. The van der Waals surface area contributed by atoms with Gasteiger partial charge in [-0.15, -0.1) is 6.58 Å². The first-order valence-corrected chi connectivity index (χ1v) is 7.17. The van der Waals surface area contributed by atoms with Gasteiger partial charge in [-0.3, -0.25) is 4.79 Å². The van der Waals surface area contributed by atoms with E-state index in [1.807, 2.05) is 17.0 Å². The maximum atomic E-state index is 12.6. The minimum absolute atomic E-state index is 0.170. The average molecular weight is 272 g/mol. The van der Waals surface area contributed by atoms with Gasteiger partial charge in [0.05, 0.1) is 0 Å². The Labute approximate surface area is 121 Å². The Morgan fingerprint density at radius 2 is 2.15 bits per heavy atom. The Kier molecular flexibility index (Phi) is 4.17. The third-order valence-electron chi connectivity index (χ3n) is 3.78. The number of hydrogen-bond donors (Lipinski definition) is 1. The molecule has 1 aliphatic rings. The lowest BCUT2D eigenvalue weighted by Gasteiger charge is -2.35. The van der Waals surface area contributed by atoms with E-state index < -0.39 is 0 Å². The van der Waals surface area contributed by atoms with E-state index in [4.69, 9.17) is 0 Å². The highest BCUT2D eigenvalue weighted by Crippen LogP contribution is 2.34. The van der Waals surface area contributed by atoms with Crippen LogP contribution >= 0.6 is 0 Å². The molecule has 0 saturated carbocycles. The number of carbonyl (C=O) groups is 1. The maximum absolute atomic E-state index is 12.6. The predicted octanol–water partition coefficient (Wildman–Crippen LogP) is 3.40. The first-order chi connectivity index (χ1) is 9.43. The van der Waals surface area contributed by atoms with Crippen LogP contribution in [0.4, 0.5) is 5.69 Å². The molecule has 20 heavy (non-hydrogen) atoms. The van der Waals surface area contributed by atoms with Crippen molar-refractivity contribution in [2.45, 2.75) is 38.6 Å². The van der Waals surface area contributed by atoms with E-state index in [-0.39, 0.29) is 17.4 Å². The van der Waals surface area contributed by atoms with Gasteiger partial charge >= 0.3 is 0 Å². The molecule has 0 bridgehead atoms. The second-order valence-electron chi connectivity index (χ2n) is 6.33. The summed E-state index contributed by atoms with van der Waals surface area (Å²) in [6.07, 6.45) is 2.35. The summed E-state index contributed by atoms with van der Waals surface area (Å²) in [6, 6.07) is 8.25. The minimum atomic E-state index is -0.170. The summed E-state index contributed by atoms with van der Waals surface area (Å²) in [5.74, 6) is 0.467. The molecule has 1 unspecified atom stereocenters. The maximum Gasteiger partial charge on any atom is 0.223 e. The molecule has 0 spiro atoms. The smallest absolute Gasteiger partial charge is 0.223 e. The topological polar surface area (TPSA) is 32.3 Å². The molecule has 1 amide bonds. The lowest BCUT2D eigenvalue weighted by Crippen LogP contribution is -2.46. The summed E-state index contributed by atoms with van der Waals surface area (Å²) >= 11 is 0. The van der Waals surface area contributed by atoms with E-state index in [0.29, 0.717) is 13.0 Å². The molecule has 1 heterocycles.